The summed E-state index contributed by atoms with van der Waals surface area (Å²) in [7, 11) is 0. The van der Waals surface area contributed by atoms with Crippen molar-refractivity contribution >= 4 is 16.8 Å². The number of fused-ring (bicyclic) bond motifs is 1. The molecule has 0 spiro atoms. The van der Waals surface area contributed by atoms with Crippen molar-refractivity contribution in [3.05, 3.63) is 89.0 Å². The lowest BCUT2D eigenvalue weighted by atomic mass is 10.0. The van der Waals surface area contributed by atoms with Gasteiger partial charge in [0.15, 0.2) is 0 Å². The lowest BCUT2D eigenvalue weighted by Gasteiger charge is -2.25. The highest BCUT2D eigenvalue weighted by Gasteiger charge is 2.24. The highest BCUT2D eigenvalue weighted by molar-refractivity contribution is 5.81. The molecule has 4 aromatic rings. The van der Waals surface area contributed by atoms with E-state index in [4.69, 9.17) is 4.98 Å². The minimum atomic E-state index is -0.140. The van der Waals surface area contributed by atoms with Gasteiger partial charge in [-0.3, -0.25) is 19.1 Å². The first-order chi connectivity index (χ1) is 15.2. The first kappa shape index (κ1) is 19.1. The predicted molar refractivity (Wildman–Crippen MR) is 119 cm³/mol. The summed E-state index contributed by atoms with van der Waals surface area (Å²) < 4.78 is 1.59. The summed E-state index contributed by atoms with van der Waals surface area (Å²) in [5.74, 6) is 0.687. The highest BCUT2D eigenvalue weighted by atomic mass is 16.2. The van der Waals surface area contributed by atoms with Crippen LogP contribution in [0.15, 0.2) is 77.9 Å². The van der Waals surface area contributed by atoms with Gasteiger partial charge in [0.05, 0.1) is 28.7 Å². The topological polar surface area (TPSA) is 88.9 Å². The van der Waals surface area contributed by atoms with Crippen LogP contribution in [0.3, 0.4) is 0 Å². The molecule has 0 atom stereocenters. The summed E-state index contributed by atoms with van der Waals surface area (Å²) in [6, 6.07) is 18.7. The molecule has 1 aliphatic rings. The van der Waals surface area contributed by atoms with Gasteiger partial charge in [0.2, 0.25) is 5.91 Å². The normalized spacial score (nSPS) is 13.7. The maximum atomic E-state index is 13.3. The molecule has 0 saturated carbocycles. The number of amides is 1. The second kappa shape index (κ2) is 8.12. The summed E-state index contributed by atoms with van der Waals surface area (Å²) >= 11 is 0. The van der Waals surface area contributed by atoms with Crippen molar-refractivity contribution in [3.8, 4) is 17.1 Å². The summed E-state index contributed by atoms with van der Waals surface area (Å²) in [6.07, 6.45) is 3.33. The molecule has 0 bridgehead atoms. The number of carbonyl (C=O) groups excluding carboxylic acids is 1. The third-order valence-corrected chi connectivity index (χ3v) is 5.51. The van der Waals surface area contributed by atoms with Crippen LogP contribution in [0.25, 0.3) is 28.0 Å². The number of nitrogens with zero attached hydrogens (tertiary/aromatic N) is 3. The molecular formula is C24H21N5O2. The van der Waals surface area contributed by atoms with Gasteiger partial charge in [0, 0.05) is 31.4 Å². The Balaban J connectivity index is 1.52. The van der Waals surface area contributed by atoms with Crippen LogP contribution in [-0.4, -0.2) is 33.5 Å². The van der Waals surface area contributed by atoms with Gasteiger partial charge in [-0.2, -0.15) is 0 Å². The summed E-state index contributed by atoms with van der Waals surface area (Å²) in [5.41, 5.74) is 2.96. The number of hydrogen-bond donors (Lipinski definition) is 2. The Kier molecular flexibility index (Phi) is 5.01. The van der Waals surface area contributed by atoms with Crippen LogP contribution in [0.5, 0.6) is 0 Å². The standard InChI is InChI=1S/C24H21N5O2/c30-23(18-13-26-14-18)27-12-16-7-9-17(10-8-16)22-28-21-6-2-1-5-20(21)24(31)29(22)19-4-3-11-25-15-19/h1-11,15,18,26H,12-14H2,(H,27,30). The number of aromatic nitrogens is 3. The lowest BCUT2D eigenvalue weighted by molar-refractivity contribution is -0.126. The zero-order chi connectivity index (χ0) is 21.2. The van der Waals surface area contributed by atoms with Crippen LogP contribution in [-0.2, 0) is 11.3 Å². The zero-order valence-corrected chi connectivity index (χ0v) is 16.8. The molecule has 0 aliphatic carbocycles. The van der Waals surface area contributed by atoms with Crippen LogP contribution in [0.1, 0.15) is 5.56 Å². The number of para-hydroxylation sites is 1. The molecule has 1 fully saturated rings. The van der Waals surface area contributed by atoms with Crippen molar-refractivity contribution in [1.29, 1.82) is 0 Å². The monoisotopic (exact) mass is 411 g/mol. The molecule has 3 heterocycles. The quantitative estimate of drug-likeness (QED) is 0.526. The molecule has 154 valence electrons. The van der Waals surface area contributed by atoms with E-state index in [-0.39, 0.29) is 17.4 Å². The minimum Gasteiger partial charge on any atom is -0.352 e. The minimum absolute atomic E-state index is 0.0648. The van der Waals surface area contributed by atoms with Crippen LogP contribution in [0.2, 0.25) is 0 Å². The largest absolute Gasteiger partial charge is 0.352 e. The molecule has 2 N–H and O–H groups in total. The number of hydrogen-bond acceptors (Lipinski definition) is 5. The second-order valence-electron chi connectivity index (χ2n) is 7.57. The SMILES string of the molecule is O=C(NCc1ccc(-c2nc3ccccc3c(=O)n2-c2cccnc2)cc1)C1CNC1. The molecule has 1 amide bonds. The highest BCUT2D eigenvalue weighted by Crippen LogP contribution is 2.22. The van der Waals surface area contributed by atoms with E-state index in [1.165, 1.54) is 0 Å². The van der Waals surface area contributed by atoms with Crippen LogP contribution >= 0.6 is 0 Å². The molecule has 31 heavy (non-hydrogen) atoms. The van der Waals surface area contributed by atoms with Gasteiger partial charge in [0.1, 0.15) is 5.82 Å². The maximum Gasteiger partial charge on any atom is 0.266 e. The van der Waals surface area contributed by atoms with Gasteiger partial charge in [-0.15, -0.1) is 0 Å². The van der Waals surface area contributed by atoms with Gasteiger partial charge in [0.25, 0.3) is 5.56 Å². The predicted octanol–water partition coefficient (Wildman–Crippen LogP) is 2.28. The molecule has 0 unspecified atom stereocenters. The van der Waals surface area contributed by atoms with Crippen molar-refractivity contribution in [1.82, 2.24) is 25.2 Å². The summed E-state index contributed by atoms with van der Waals surface area (Å²) in [4.78, 5) is 34.3. The molecule has 7 heteroatoms. The first-order valence-corrected chi connectivity index (χ1v) is 10.2. The molecule has 1 saturated heterocycles. The van der Waals surface area contributed by atoms with E-state index >= 15 is 0 Å². The second-order valence-corrected chi connectivity index (χ2v) is 7.57. The van der Waals surface area contributed by atoms with Gasteiger partial charge in [-0.25, -0.2) is 4.98 Å². The fraction of sp³-hybridized carbons (Fsp3) is 0.167. The van der Waals surface area contributed by atoms with Crippen molar-refractivity contribution in [2.75, 3.05) is 13.1 Å². The molecule has 7 nitrogen and oxygen atoms in total. The third-order valence-electron chi connectivity index (χ3n) is 5.51. The van der Waals surface area contributed by atoms with E-state index in [9.17, 15) is 9.59 Å². The lowest BCUT2D eigenvalue weighted by Crippen LogP contribution is -2.50. The van der Waals surface area contributed by atoms with Gasteiger partial charge < -0.3 is 10.6 Å². The van der Waals surface area contributed by atoms with Crippen LogP contribution in [0, 0.1) is 5.92 Å². The zero-order valence-electron chi connectivity index (χ0n) is 16.8. The molecule has 0 radical (unpaired) electrons. The number of rotatable bonds is 5. The van der Waals surface area contributed by atoms with Gasteiger partial charge in [-0.1, -0.05) is 36.4 Å². The Bertz CT molecular complexity index is 1300. The van der Waals surface area contributed by atoms with E-state index in [0.717, 1.165) is 24.2 Å². The smallest absolute Gasteiger partial charge is 0.266 e. The number of nitrogens with one attached hydrogen (secondary N) is 2. The van der Waals surface area contributed by atoms with Gasteiger partial charge in [-0.05, 0) is 29.8 Å². The average Bonchev–Trinajstić information content (AvgIpc) is 2.77. The summed E-state index contributed by atoms with van der Waals surface area (Å²) in [5, 5.41) is 6.63. The van der Waals surface area contributed by atoms with Crippen molar-refractivity contribution < 1.29 is 4.79 Å². The fourth-order valence-corrected chi connectivity index (χ4v) is 3.63. The average molecular weight is 411 g/mol. The Labute approximate surface area is 178 Å². The van der Waals surface area contributed by atoms with E-state index in [2.05, 4.69) is 15.6 Å². The van der Waals surface area contributed by atoms with Crippen LogP contribution in [0.4, 0.5) is 0 Å². The third kappa shape index (κ3) is 3.71. The van der Waals surface area contributed by atoms with Crippen LogP contribution < -0.4 is 16.2 Å². The van der Waals surface area contributed by atoms with E-state index < -0.39 is 0 Å². The van der Waals surface area contributed by atoms with Crippen molar-refractivity contribution in [2.45, 2.75) is 6.54 Å². The Morgan fingerprint density at radius 3 is 2.58 bits per heavy atom. The molecule has 5 rings (SSSR count). The molecular weight excluding hydrogens is 390 g/mol. The maximum absolute atomic E-state index is 13.3. The molecule has 1 aliphatic heterocycles. The van der Waals surface area contributed by atoms with Crippen molar-refractivity contribution in [2.24, 2.45) is 5.92 Å². The Hall–Kier alpha value is -3.84. The van der Waals surface area contributed by atoms with E-state index in [1.807, 2.05) is 48.5 Å². The Morgan fingerprint density at radius 2 is 1.87 bits per heavy atom. The number of pyridine rings is 1. The Morgan fingerprint density at radius 1 is 1.06 bits per heavy atom. The molecule has 2 aromatic heterocycles. The summed E-state index contributed by atoms with van der Waals surface area (Å²) in [6.45, 7) is 1.95. The molecule has 2 aromatic carbocycles. The van der Waals surface area contributed by atoms with Gasteiger partial charge >= 0.3 is 0 Å². The number of carbonyl (C=O) groups is 1. The fourth-order valence-electron chi connectivity index (χ4n) is 3.63. The number of benzene rings is 2. The van der Waals surface area contributed by atoms with E-state index in [0.29, 0.717) is 29.0 Å². The van der Waals surface area contributed by atoms with Crippen molar-refractivity contribution in [3.63, 3.8) is 0 Å². The first-order valence-electron chi connectivity index (χ1n) is 10.2. The van der Waals surface area contributed by atoms with E-state index in [1.54, 1.807) is 29.1 Å².